The van der Waals surface area contributed by atoms with Crippen LogP contribution in [0.5, 0.6) is 17.2 Å². The molecular formula is C17H27NO3. The van der Waals surface area contributed by atoms with E-state index in [0.717, 1.165) is 6.54 Å². The Morgan fingerprint density at radius 2 is 1.76 bits per heavy atom. The van der Waals surface area contributed by atoms with Crippen LogP contribution < -0.4 is 5.32 Å². The molecule has 0 spiro atoms. The van der Waals surface area contributed by atoms with Gasteiger partial charge in [-0.1, -0.05) is 32.8 Å². The highest BCUT2D eigenvalue weighted by Crippen LogP contribution is 2.43. The van der Waals surface area contributed by atoms with Crippen LogP contribution in [0.2, 0.25) is 0 Å². The van der Waals surface area contributed by atoms with Gasteiger partial charge in [-0.3, -0.25) is 0 Å². The average Bonchev–Trinajstić information content (AvgIpc) is 2.86. The van der Waals surface area contributed by atoms with Crippen molar-refractivity contribution >= 4 is 0 Å². The third-order valence-electron chi connectivity index (χ3n) is 4.53. The fourth-order valence-electron chi connectivity index (χ4n) is 3.66. The SMILES string of the molecule is CC(C)CC1(CNCc2ccc(O)c(O)c2O)CCCC1. The van der Waals surface area contributed by atoms with Crippen molar-refractivity contribution in [2.45, 2.75) is 52.5 Å². The summed E-state index contributed by atoms with van der Waals surface area (Å²) in [4.78, 5) is 0. The first-order valence-corrected chi connectivity index (χ1v) is 7.87. The lowest BCUT2D eigenvalue weighted by molar-refractivity contribution is 0.223. The average molecular weight is 293 g/mol. The smallest absolute Gasteiger partial charge is 0.200 e. The molecule has 4 nitrogen and oxygen atoms in total. The Labute approximate surface area is 126 Å². The summed E-state index contributed by atoms with van der Waals surface area (Å²) in [6, 6.07) is 3.05. The Balaban J connectivity index is 1.95. The number of nitrogens with one attached hydrogen (secondary N) is 1. The molecular weight excluding hydrogens is 266 g/mol. The van der Waals surface area contributed by atoms with Gasteiger partial charge in [0.05, 0.1) is 0 Å². The summed E-state index contributed by atoms with van der Waals surface area (Å²) in [6.07, 6.45) is 6.38. The lowest BCUT2D eigenvalue weighted by Crippen LogP contribution is -2.33. The van der Waals surface area contributed by atoms with E-state index in [-0.39, 0.29) is 11.5 Å². The lowest BCUT2D eigenvalue weighted by Gasteiger charge is -2.31. The maximum Gasteiger partial charge on any atom is 0.200 e. The molecule has 0 saturated heterocycles. The van der Waals surface area contributed by atoms with E-state index in [1.165, 1.54) is 38.2 Å². The summed E-state index contributed by atoms with van der Waals surface area (Å²) in [7, 11) is 0. The van der Waals surface area contributed by atoms with Gasteiger partial charge in [0.2, 0.25) is 5.75 Å². The Morgan fingerprint density at radius 3 is 2.38 bits per heavy atom. The normalized spacial score (nSPS) is 17.5. The van der Waals surface area contributed by atoms with Gasteiger partial charge in [-0.25, -0.2) is 0 Å². The molecule has 1 aromatic rings. The molecule has 0 heterocycles. The second-order valence-corrected chi connectivity index (χ2v) is 6.85. The summed E-state index contributed by atoms with van der Waals surface area (Å²) < 4.78 is 0. The molecule has 1 aromatic carbocycles. The predicted octanol–water partition coefficient (Wildman–Crippen LogP) is 3.50. The zero-order valence-corrected chi connectivity index (χ0v) is 13.0. The van der Waals surface area contributed by atoms with E-state index in [0.29, 0.717) is 23.4 Å². The fraction of sp³-hybridized carbons (Fsp3) is 0.647. The summed E-state index contributed by atoms with van der Waals surface area (Å²) in [5.41, 5.74) is 0.992. The standard InChI is InChI=1S/C17H27NO3/c1-12(2)9-17(7-3-4-8-17)11-18-10-13-5-6-14(19)16(21)15(13)20/h5-6,12,18-21H,3-4,7-11H2,1-2H3. The number of hydrogen-bond acceptors (Lipinski definition) is 4. The van der Waals surface area contributed by atoms with Gasteiger partial charge in [0.15, 0.2) is 11.5 Å². The van der Waals surface area contributed by atoms with Crippen molar-refractivity contribution in [3.63, 3.8) is 0 Å². The number of hydrogen-bond donors (Lipinski definition) is 4. The van der Waals surface area contributed by atoms with Crippen molar-refractivity contribution in [1.82, 2.24) is 5.32 Å². The Kier molecular flexibility index (Phi) is 4.99. The number of rotatable bonds is 6. The van der Waals surface area contributed by atoms with Crippen LogP contribution in [-0.4, -0.2) is 21.9 Å². The first-order chi connectivity index (χ1) is 9.93. The maximum absolute atomic E-state index is 9.83. The highest BCUT2D eigenvalue weighted by atomic mass is 16.3. The van der Waals surface area contributed by atoms with E-state index in [2.05, 4.69) is 19.2 Å². The Morgan fingerprint density at radius 1 is 1.10 bits per heavy atom. The summed E-state index contributed by atoms with van der Waals surface area (Å²) in [5.74, 6) is -0.266. The third-order valence-corrected chi connectivity index (χ3v) is 4.53. The van der Waals surface area contributed by atoms with Crippen LogP contribution >= 0.6 is 0 Å². The first-order valence-electron chi connectivity index (χ1n) is 7.87. The van der Waals surface area contributed by atoms with E-state index < -0.39 is 5.75 Å². The minimum Gasteiger partial charge on any atom is -0.504 e. The van der Waals surface area contributed by atoms with Gasteiger partial charge in [0.1, 0.15) is 0 Å². The van der Waals surface area contributed by atoms with E-state index in [1.54, 1.807) is 6.07 Å². The van der Waals surface area contributed by atoms with E-state index in [1.807, 2.05) is 0 Å². The zero-order valence-electron chi connectivity index (χ0n) is 13.0. The number of aromatic hydroxyl groups is 3. The monoisotopic (exact) mass is 293 g/mol. The molecule has 4 heteroatoms. The van der Waals surface area contributed by atoms with Gasteiger partial charge in [-0.2, -0.15) is 0 Å². The van der Waals surface area contributed by atoms with E-state index in [4.69, 9.17) is 0 Å². The summed E-state index contributed by atoms with van der Waals surface area (Å²) >= 11 is 0. The summed E-state index contributed by atoms with van der Waals surface area (Å²) in [5, 5.41) is 32.1. The molecule has 1 aliphatic rings. The van der Waals surface area contributed by atoms with Crippen LogP contribution in [0.3, 0.4) is 0 Å². The number of phenolic OH excluding ortho intramolecular Hbond substituents is 3. The third kappa shape index (κ3) is 3.82. The van der Waals surface area contributed by atoms with Crippen LogP contribution in [0.4, 0.5) is 0 Å². The van der Waals surface area contributed by atoms with Crippen molar-refractivity contribution in [3.8, 4) is 17.2 Å². The van der Waals surface area contributed by atoms with Crippen LogP contribution in [0, 0.1) is 11.3 Å². The molecule has 0 unspecified atom stereocenters. The number of phenols is 3. The topological polar surface area (TPSA) is 72.7 Å². The molecule has 0 atom stereocenters. The molecule has 0 amide bonds. The fourth-order valence-corrected chi connectivity index (χ4v) is 3.66. The van der Waals surface area contributed by atoms with Crippen LogP contribution in [0.15, 0.2) is 12.1 Å². The van der Waals surface area contributed by atoms with Crippen molar-refractivity contribution < 1.29 is 15.3 Å². The van der Waals surface area contributed by atoms with Crippen molar-refractivity contribution in [2.24, 2.45) is 11.3 Å². The van der Waals surface area contributed by atoms with E-state index >= 15 is 0 Å². The zero-order chi connectivity index (χ0) is 15.5. The Bertz CT molecular complexity index is 479. The molecule has 2 rings (SSSR count). The molecule has 4 N–H and O–H groups in total. The van der Waals surface area contributed by atoms with Crippen molar-refractivity contribution in [2.75, 3.05) is 6.54 Å². The maximum atomic E-state index is 9.83. The molecule has 1 fully saturated rings. The van der Waals surface area contributed by atoms with Crippen LogP contribution in [-0.2, 0) is 6.54 Å². The molecule has 0 bridgehead atoms. The highest BCUT2D eigenvalue weighted by Gasteiger charge is 2.33. The molecule has 21 heavy (non-hydrogen) atoms. The summed E-state index contributed by atoms with van der Waals surface area (Å²) in [6.45, 7) is 5.97. The molecule has 0 aromatic heterocycles. The predicted molar refractivity (Wildman–Crippen MR) is 83.5 cm³/mol. The van der Waals surface area contributed by atoms with Crippen LogP contribution in [0.1, 0.15) is 51.5 Å². The van der Waals surface area contributed by atoms with Gasteiger partial charge in [0, 0.05) is 18.7 Å². The van der Waals surface area contributed by atoms with E-state index in [9.17, 15) is 15.3 Å². The van der Waals surface area contributed by atoms with Gasteiger partial charge in [-0.05, 0) is 36.7 Å². The Hall–Kier alpha value is -1.42. The second-order valence-electron chi connectivity index (χ2n) is 6.85. The number of benzene rings is 1. The molecule has 1 saturated carbocycles. The van der Waals surface area contributed by atoms with Crippen molar-refractivity contribution in [1.29, 1.82) is 0 Å². The largest absolute Gasteiger partial charge is 0.504 e. The molecule has 1 aliphatic carbocycles. The minimum atomic E-state index is -0.438. The van der Waals surface area contributed by atoms with Gasteiger partial charge < -0.3 is 20.6 Å². The molecule has 118 valence electrons. The lowest BCUT2D eigenvalue weighted by atomic mass is 9.78. The first kappa shape index (κ1) is 16.0. The molecule has 0 radical (unpaired) electrons. The van der Waals surface area contributed by atoms with Gasteiger partial charge >= 0.3 is 0 Å². The minimum absolute atomic E-state index is 0.230. The van der Waals surface area contributed by atoms with Crippen LogP contribution in [0.25, 0.3) is 0 Å². The van der Waals surface area contributed by atoms with Crippen molar-refractivity contribution in [3.05, 3.63) is 17.7 Å². The van der Waals surface area contributed by atoms with Gasteiger partial charge in [-0.15, -0.1) is 0 Å². The molecule has 0 aliphatic heterocycles. The quantitative estimate of drug-likeness (QED) is 0.606. The second kappa shape index (κ2) is 6.56. The van der Waals surface area contributed by atoms with Gasteiger partial charge in [0.25, 0.3) is 0 Å². The highest BCUT2D eigenvalue weighted by molar-refractivity contribution is 5.52.